The lowest BCUT2D eigenvalue weighted by atomic mass is 10.0. The second-order valence-corrected chi connectivity index (χ2v) is 5.64. The van der Waals surface area contributed by atoms with Gasteiger partial charge in [-0.1, -0.05) is 13.3 Å². The SMILES string of the molecule is CCCc1cc2cc(O)ccc2[o+]c1-c1ccc2c(c1)OCO2.[Cl-]. The number of phenols is 1. The maximum absolute atomic E-state index is 9.67. The molecular weight excluding hydrogens is 328 g/mol. The van der Waals surface area contributed by atoms with Crippen molar-refractivity contribution in [3.05, 3.63) is 48.0 Å². The molecule has 1 aliphatic rings. The molecule has 1 N–H and O–H groups in total. The van der Waals surface area contributed by atoms with Gasteiger partial charge in [0, 0.05) is 12.1 Å². The van der Waals surface area contributed by atoms with Crippen LogP contribution in [0.4, 0.5) is 0 Å². The largest absolute Gasteiger partial charge is 1.00 e. The molecule has 0 saturated heterocycles. The van der Waals surface area contributed by atoms with Crippen molar-refractivity contribution in [2.24, 2.45) is 0 Å². The number of phenolic OH excluding ortho intramolecular Hbond substituents is 1. The minimum absolute atomic E-state index is 0. The molecule has 0 bridgehead atoms. The molecule has 0 saturated carbocycles. The normalized spacial score (nSPS) is 12.2. The van der Waals surface area contributed by atoms with E-state index in [2.05, 4.69) is 13.0 Å². The van der Waals surface area contributed by atoms with E-state index in [0.717, 1.165) is 52.2 Å². The standard InChI is InChI=1S/C19H16O4.ClH/c1-2-3-12-8-14-9-15(20)5-7-16(14)23-19(12)13-4-6-17-18(10-13)22-11-21-17;/h4-10H,2-3,11H2,1H3;1H. The molecule has 1 aromatic heterocycles. The smallest absolute Gasteiger partial charge is 0.364 e. The Morgan fingerprint density at radius 3 is 2.71 bits per heavy atom. The number of halogens is 1. The first kappa shape index (κ1) is 16.4. The zero-order valence-corrected chi connectivity index (χ0v) is 14.0. The third kappa shape index (κ3) is 2.85. The molecule has 4 rings (SSSR count). The van der Waals surface area contributed by atoms with Crippen molar-refractivity contribution in [3.63, 3.8) is 0 Å². The number of aryl methyl sites for hydroxylation is 1. The number of aromatic hydroxyl groups is 1. The van der Waals surface area contributed by atoms with Gasteiger partial charge in [-0.3, -0.25) is 0 Å². The number of hydrogen-bond acceptors (Lipinski definition) is 3. The molecule has 24 heavy (non-hydrogen) atoms. The molecule has 4 nitrogen and oxygen atoms in total. The Hall–Kier alpha value is -2.46. The van der Waals surface area contributed by atoms with Gasteiger partial charge >= 0.3 is 11.3 Å². The van der Waals surface area contributed by atoms with E-state index in [1.165, 1.54) is 0 Å². The van der Waals surface area contributed by atoms with Gasteiger partial charge in [-0.2, -0.15) is 0 Å². The summed E-state index contributed by atoms with van der Waals surface area (Å²) in [6.45, 7) is 2.39. The third-order valence-electron chi connectivity index (χ3n) is 3.98. The lowest BCUT2D eigenvalue weighted by molar-refractivity contribution is -0.00000763. The molecule has 0 unspecified atom stereocenters. The van der Waals surface area contributed by atoms with Crippen molar-refractivity contribution >= 4 is 11.0 Å². The van der Waals surface area contributed by atoms with Crippen molar-refractivity contribution in [2.75, 3.05) is 6.79 Å². The van der Waals surface area contributed by atoms with Crippen LogP contribution in [0.2, 0.25) is 0 Å². The van der Waals surface area contributed by atoms with E-state index in [0.29, 0.717) is 0 Å². The molecule has 2 heterocycles. The third-order valence-corrected chi connectivity index (χ3v) is 3.98. The summed E-state index contributed by atoms with van der Waals surface area (Å²) in [7, 11) is 0. The molecule has 1 aliphatic heterocycles. The second-order valence-electron chi connectivity index (χ2n) is 5.64. The highest BCUT2D eigenvalue weighted by Gasteiger charge is 2.24. The fraction of sp³-hybridized carbons (Fsp3) is 0.211. The van der Waals surface area contributed by atoms with E-state index in [1.807, 2.05) is 18.2 Å². The van der Waals surface area contributed by atoms with Gasteiger partial charge < -0.3 is 27.0 Å². The van der Waals surface area contributed by atoms with Crippen molar-refractivity contribution in [3.8, 4) is 28.6 Å². The Morgan fingerprint density at radius 1 is 1.04 bits per heavy atom. The predicted molar refractivity (Wildman–Crippen MR) is 87.8 cm³/mol. The average Bonchev–Trinajstić information content (AvgIpc) is 3.02. The fourth-order valence-corrected chi connectivity index (χ4v) is 2.91. The highest BCUT2D eigenvalue weighted by atomic mass is 35.5. The molecule has 0 amide bonds. The van der Waals surface area contributed by atoms with Gasteiger partial charge in [-0.05, 0) is 36.8 Å². The summed E-state index contributed by atoms with van der Waals surface area (Å²) < 4.78 is 17.0. The topological polar surface area (TPSA) is 50.0 Å². The maximum atomic E-state index is 9.67. The molecule has 0 fully saturated rings. The molecular formula is C19H17ClO4. The van der Waals surface area contributed by atoms with Gasteiger partial charge in [0.1, 0.15) is 5.75 Å². The van der Waals surface area contributed by atoms with Gasteiger partial charge in [0.2, 0.25) is 6.79 Å². The Kier molecular flexibility index (Phi) is 4.49. The zero-order chi connectivity index (χ0) is 15.8. The second kappa shape index (κ2) is 6.57. The number of ether oxygens (including phenoxy) is 2. The summed E-state index contributed by atoms with van der Waals surface area (Å²) in [5.41, 5.74) is 2.83. The molecule has 0 radical (unpaired) electrons. The predicted octanol–water partition coefficient (Wildman–Crippen LogP) is 1.77. The molecule has 2 aromatic carbocycles. The van der Waals surface area contributed by atoms with Crippen molar-refractivity contribution < 1.29 is 31.4 Å². The molecule has 0 atom stereocenters. The number of hydrogen-bond donors (Lipinski definition) is 1. The van der Waals surface area contributed by atoms with Crippen LogP contribution < -0.4 is 21.9 Å². The average molecular weight is 345 g/mol. The molecule has 0 aliphatic carbocycles. The summed E-state index contributed by atoms with van der Waals surface area (Å²) >= 11 is 0. The molecule has 5 heteroatoms. The van der Waals surface area contributed by atoms with Crippen LogP contribution >= 0.6 is 0 Å². The van der Waals surface area contributed by atoms with Gasteiger partial charge in [0.15, 0.2) is 11.5 Å². The van der Waals surface area contributed by atoms with Crippen LogP contribution in [-0.2, 0) is 6.42 Å². The highest BCUT2D eigenvalue weighted by Crippen LogP contribution is 2.38. The number of rotatable bonds is 3. The van der Waals surface area contributed by atoms with Crippen LogP contribution in [0, 0.1) is 0 Å². The van der Waals surface area contributed by atoms with Crippen molar-refractivity contribution in [2.45, 2.75) is 19.8 Å². The summed E-state index contributed by atoms with van der Waals surface area (Å²) in [6, 6.07) is 13.1. The lowest BCUT2D eigenvalue weighted by Gasteiger charge is -2.03. The highest BCUT2D eigenvalue weighted by molar-refractivity contribution is 5.82. The quantitative estimate of drug-likeness (QED) is 0.736. The number of benzene rings is 2. The first-order chi connectivity index (χ1) is 11.2. The fourth-order valence-electron chi connectivity index (χ4n) is 2.91. The molecule has 124 valence electrons. The van der Waals surface area contributed by atoms with Crippen LogP contribution in [0.3, 0.4) is 0 Å². The van der Waals surface area contributed by atoms with E-state index in [1.54, 1.807) is 18.2 Å². The van der Waals surface area contributed by atoms with E-state index < -0.39 is 0 Å². The van der Waals surface area contributed by atoms with Gasteiger partial charge in [-0.25, -0.2) is 4.42 Å². The lowest BCUT2D eigenvalue weighted by Crippen LogP contribution is -3.00. The Bertz CT molecular complexity index is 892. The number of fused-ring (bicyclic) bond motifs is 2. The van der Waals surface area contributed by atoms with Gasteiger partial charge in [0.25, 0.3) is 0 Å². The van der Waals surface area contributed by atoms with E-state index in [4.69, 9.17) is 13.9 Å². The Labute approximate surface area is 146 Å². The molecule has 0 spiro atoms. The zero-order valence-electron chi connectivity index (χ0n) is 13.2. The first-order valence-electron chi connectivity index (χ1n) is 7.73. The summed E-state index contributed by atoms with van der Waals surface area (Å²) in [6.07, 6.45) is 1.91. The van der Waals surface area contributed by atoms with E-state index in [9.17, 15) is 5.11 Å². The van der Waals surface area contributed by atoms with E-state index in [-0.39, 0.29) is 24.9 Å². The van der Waals surface area contributed by atoms with Crippen molar-refractivity contribution in [1.82, 2.24) is 0 Å². The maximum Gasteiger partial charge on any atom is 0.364 e. The van der Waals surface area contributed by atoms with Crippen LogP contribution in [0.15, 0.2) is 46.9 Å². The van der Waals surface area contributed by atoms with Crippen molar-refractivity contribution in [1.29, 1.82) is 0 Å². The van der Waals surface area contributed by atoms with Crippen LogP contribution in [0.5, 0.6) is 17.2 Å². The van der Waals surface area contributed by atoms with Crippen LogP contribution in [0.25, 0.3) is 22.3 Å². The summed E-state index contributed by atoms with van der Waals surface area (Å²) in [4.78, 5) is 0. The van der Waals surface area contributed by atoms with Gasteiger partial charge in [0.05, 0.1) is 16.5 Å². The first-order valence-corrected chi connectivity index (χ1v) is 7.73. The Balaban J connectivity index is 0.00000169. The van der Waals surface area contributed by atoms with E-state index >= 15 is 0 Å². The minimum atomic E-state index is 0. The summed E-state index contributed by atoms with van der Waals surface area (Å²) in [5, 5.41) is 10.6. The van der Waals surface area contributed by atoms with Crippen LogP contribution in [-0.4, -0.2) is 11.9 Å². The van der Waals surface area contributed by atoms with Crippen LogP contribution in [0.1, 0.15) is 18.9 Å². The van der Waals surface area contributed by atoms with Gasteiger partial charge in [-0.15, -0.1) is 0 Å². The molecule has 3 aromatic rings. The monoisotopic (exact) mass is 344 g/mol. The Morgan fingerprint density at radius 2 is 1.88 bits per heavy atom. The minimum Gasteiger partial charge on any atom is -1.00 e. The summed E-state index contributed by atoms with van der Waals surface area (Å²) in [5.74, 6) is 2.58.